The number of sulfonamides is 4. The highest BCUT2D eigenvalue weighted by molar-refractivity contribution is 8.00. The number of carbonyl (C=O) groups is 4. The molecule has 6 aromatic carbocycles. The zero-order valence-electron chi connectivity index (χ0n) is 55.2. The van der Waals surface area contributed by atoms with Crippen LogP contribution in [0.15, 0.2) is 164 Å². The molecular weight excluding hydrogens is 1450 g/mol. The van der Waals surface area contributed by atoms with Gasteiger partial charge in [-0.3, -0.25) is 40.5 Å². The van der Waals surface area contributed by atoms with Gasteiger partial charge in [0.05, 0.1) is 70.4 Å². The fraction of sp³-hybridized carbons (Fsp3) is 0.203. The molecule has 102 heavy (non-hydrogen) atoms. The van der Waals surface area contributed by atoms with Crippen LogP contribution in [0.5, 0.6) is 5.75 Å². The molecule has 6 aromatic rings. The number of nitro groups is 4. The van der Waals surface area contributed by atoms with Gasteiger partial charge in [-0.05, 0) is 48.5 Å². The minimum atomic E-state index is -4.41. The predicted molar refractivity (Wildman–Crippen MR) is 371 cm³/mol. The van der Waals surface area contributed by atoms with E-state index in [-0.39, 0.29) is 45.1 Å². The van der Waals surface area contributed by atoms with Gasteiger partial charge in [-0.25, -0.2) is 32.7 Å². The zero-order valence-corrected chi connectivity index (χ0v) is 59.3. The maximum atomic E-state index is 12.8. The Labute approximate surface area is 587 Å². The van der Waals surface area contributed by atoms with E-state index in [9.17, 15) is 93.3 Å². The molecule has 0 spiro atoms. The second kappa shape index (κ2) is 37.8. The van der Waals surface area contributed by atoms with Crippen LogP contribution in [0.1, 0.15) is 41.4 Å². The Morgan fingerprint density at radius 1 is 0.539 bits per heavy atom. The van der Waals surface area contributed by atoms with Gasteiger partial charge >= 0.3 is 29.6 Å². The number of hydrogen-bond donors (Lipinski definition) is 3. The summed E-state index contributed by atoms with van der Waals surface area (Å²) < 4.78 is 133. The Balaban J connectivity index is 0.000000354. The SMILES string of the molecule is C#CCOc1c([N+](=O)[O-])cc(C(=O)OC)cc1S(=O)(=O)N=CN(C)C.C=CCNc1c([N+](=O)[O-])cc(C(=O)OC)cc1S(=O)(=O)N=CN(C)C.COC(=O)c1cc([N+](=O)[O-])c(Nc2ccccc2)c(S(N)(=O)=O)c1.COC(=O)c1cc([N+](=O)[O-])c(Sc2ccccc2)c(S(=O)(=O)N=CN(C)C)c1. The number of para-hydroxylation sites is 1. The Bertz CT molecular complexity index is 4780. The molecule has 0 heterocycles. The summed E-state index contributed by atoms with van der Waals surface area (Å²) in [6.07, 6.45) is 9.53. The number of primary sulfonamides is 1. The molecule has 544 valence electrons. The molecule has 0 bridgehead atoms. The average Bonchev–Trinajstić information content (AvgIpc) is 0.800. The number of carbonyl (C=O) groups excluding carboxylic acids is 4. The van der Waals surface area contributed by atoms with Crippen LogP contribution in [0.2, 0.25) is 0 Å². The topological polar surface area (TPSA) is 520 Å². The van der Waals surface area contributed by atoms with E-state index < -0.39 is 138 Å². The molecule has 0 unspecified atom stereocenters. The summed E-state index contributed by atoms with van der Waals surface area (Å²) in [7, 11) is -3.79. The number of benzene rings is 6. The minimum Gasteiger partial charge on any atom is -0.473 e. The zero-order chi connectivity index (χ0) is 77.2. The molecule has 0 radical (unpaired) electrons. The molecule has 0 atom stereocenters. The molecule has 6 rings (SSSR count). The van der Waals surface area contributed by atoms with E-state index in [4.69, 9.17) is 16.3 Å². The summed E-state index contributed by atoms with van der Waals surface area (Å²) in [5.74, 6) is -2.21. The quantitative estimate of drug-likeness (QED) is 0.00722. The third-order valence-corrected chi connectivity index (χ3v) is 17.8. The van der Waals surface area contributed by atoms with E-state index in [1.54, 1.807) is 88.9 Å². The molecule has 0 fully saturated rings. The van der Waals surface area contributed by atoms with Crippen LogP contribution in [0.3, 0.4) is 0 Å². The second-order valence-corrected chi connectivity index (χ2v) is 27.4. The largest absolute Gasteiger partial charge is 0.473 e. The van der Waals surface area contributed by atoms with Crippen molar-refractivity contribution >= 4 is 135 Å². The van der Waals surface area contributed by atoms with E-state index in [1.165, 1.54) is 34.9 Å². The summed E-state index contributed by atoms with van der Waals surface area (Å²) in [5.41, 5.74) is -3.89. The number of nitrogens with two attached hydrogens (primary N) is 1. The molecule has 0 aliphatic heterocycles. The summed E-state index contributed by atoms with van der Waals surface area (Å²) in [5, 5.41) is 56.0. The Morgan fingerprint density at radius 3 is 1.27 bits per heavy atom. The maximum absolute atomic E-state index is 12.8. The summed E-state index contributed by atoms with van der Waals surface area (Å²) in [4.78, 5) is 91.7. The number of rotatable bonds is 27. The normalized spacial score (nSPS) is 11.1. The molecule has 4 N–H and O–H groups in total. The predicted octanol–water partition coefficient (Wildman–Crippen LogP) is 6.51. The first kappa shape index (κ1) is 84.2. The highest BCUT2D eigenvalue weighted by Gasteiger charge is 2.34. The molecule has 43 heteroatoms. The van der Waals surface area contributed by atoms with Gasteiger partial charge in [-0.1, -0.05) is 60.2 Å². The van der Waals surface area contributed by atoms with Crippen molar-refractivity contribution in [2.45, 2.75) is 29.4 Å². The lowest BCUT2D eigenvalue weighted by Crippen LogP contribution is -2.17. The molecule has 0 aliphatic rings. The highest BCUT2D eigenvalue weighted by Crippen LogP contribution is 2.42. The number of esters is 4. The van der Waals surface area contributed by atoms with E-state index in [0.29, 0.717) is 10.6 Å². The number of nitro benzene ring substituents is 4. The molecule has 0 aliphatic carbocycles. The van der Waals surface area contributed by atoms with E-state index in [0.717, 1.165) is 108 Å². The number of ether oxygens (including phenoxy) is 5. The Hall–Kier alpha value is -12.0. The van der Waals surface area contributed by atoms with Crippen molar-refractivity contribution < 1.29 is 96.2 Å². The smallest absolute Gasteiger partial charge is 0.338 e. The monoisotopic (exact) mass is 1510 g/mol. The standard InChI is InChI=1S/C17H17N3O6S2.C14H18N4O6S.C14H15N3O7S.C14H13N3O6S/c1-19(2)11-18-28(24,25)15-10-12(17(21)26-3)9-14(20(22)23)16(15)27-13-7-5-4-6-8-13;1-5-6-15-13-11(18(20)21)7-10(14(19)24-4)8-12(13)25(22,23)16-9-17(2)3;1-5-6-24-13-11(17(19)20)7-10(14(18)23-4)8-12(13)25(21,22)15-9-16(2)3;1-23-14(18)9-7-11(17(19)20)13(12(8-9)24(15,21)22)16-10-5-3-2-4-6-10/h4-11H,1-3H3;5,7-9,15H,1,6H2,2-4H3;1,7-9H,6H2,2-4H3;2-8,16H,1H3,(H2,15,21,22). The van der Waals surface area contributed by atoms with E-state index in [2.05, 4.69) is 55.3 Å². The summed E-state index contributed by atoms with van der Waals surface area (Å²) in [6.45, 7) is 3.12. The Morgan fingerprint density at radius 2 is 0.892 bits per heavy atom. The fourth-order valence-corrected chi connectivity index (χ4v) is 12.8. The van der Waals surface area contributed by atoms with Crippen molar-refractivity contribution in [2.24, 2.45) is 18.3 Å². The van der Waals surface area contributed by atoms with E-state index in [1.807, 2.05) is 0 Å². The van der Waals surface area contributed by atoms with Crippen molar-refractivity contribution in [3.63, 3.8) is 0 Å². The van der Waals surface area contributed by atoms with Crippen LogP contribution in [0.25, 0.3) is 0 Å². The average molecular weight is 1510 g/mol. The number of terminal acetylenes is 1. The minimum absolute atomic E-state index is 0.0678. The molecule has 0 amide bonds. The summed E-state index contributed by atoms with van der Waals surface area (Å²) in [6, 6.07) is 24.3. The van der Waals surface area contributed by atoms with Crippen molar-refractivity contribution in [1.29, 1.82) is 0 Å². The van der Waals surface area contributed by atoms with Crippen LogP contribution < -0.4 is 20.5 Å². The highest BCUT2D eigenvalue weighted by atomic mass is 32.2. The van der Waals surface area contributed by atoms with Crippen molar-refractivity contribution in [3.8, 4) is 18.1 Å². The first-order valence-electron chi connectivity index (χ1n) is 27.7. The van der Waals surface area contributed by atoms with Gasteiger partial charge in [0.25, 0.3) is 47.1 Å². The molecule has 0 saturated heterocycles. The van der Waals surface area contributed by atoms with Gasteiger partial charge < -0.3 is 49.0 Å². The van der Waals surface area contributed by atoms with Gasteiger partial charge in [0.15, 0.2) is 0 Å². The van der Waals surface area contributed by atoms with Gasteiger partial charge in [0.1, 0.15) is 61.5 Å². The lowest BCUT2D eigenvalue weighted by molar-refractivity contribution is -0.388. The van der Waals surface area contributed by atoms with Crippen molar-refractivity contribution in [2.75, 3.05) is 94.5 Å². The van der Waals surface area contributed by atoms with Crippen LogP contribution >= 0.6 is 11.8 Å². The maximum Gasteiger partial charge on any atom is 0.338 e. The number of nitrogens with zero attached hydrogens (tertiary/aromatic N) is 10. The van der Waals surface area contributed by atoms with Gasteiger partial charge in [0, 0.05) is 83.7 Å². The lowest BCUT2D eigenvalue weighted by Gasteiger charge is -2.12. The first-order chi connectivity index (χ1) is 47.7. The third kappa shape index (κ3) is 24.2. The molecule has 38 nitrogen and oxygen atoms in total. The molecular formula is C59H63N13O25S5. The number of anilines is 3. The van der Waals surface area contributed by atoms with Crippen LogP contribution in [0.4, 0.5) is 39.8 Å². The van der Waals surface area contributed by atoms with Crippen molar-refractivity contribution in [3.05, 3.63) is 185 Å². The second-order valence-electron chi connectivity index (χ2n) is 20.0. The number of nitrogens with one attached hydrogen (secondary N) is 2. The number of hydrogen-bond acceptors (Lipinski definition) is 28. The Kier molecular flexibility index (Phi) is 31.2. The first-order valence-corrected chi connectivity index (χ1v) is 34.4. The van der Waals surface area contributed by atoms with Crippen LogP contribution in [-0.2, 0) is 59.0 Å². The van der Waals surface area contributed by atoms with Gasteiger partial charge in [0.2, 0.25) is 15.8 Å². The lowest BCUT2D eigenvalue weighted by atomic mass is 10.1. The van der Waals surface area contributed by atoms with Crippen LogP contribution in [0, 0.1) is 52.8 Å². The van der Waals surface area contributed by atoms with Crippen molar-refractivity contribution in [1.82, 2.24) is 14.7 Å². The third-order valence-electron chi connectivity index (χ3n) is 11.8. The van der Waals surface area contributed by atoms with Gasteiger partial charge in [-0.2, -0.15) is 25.3 Å². The number of methoxy groups -OCH3 is 4. The summed E-state index contributed by atoms with van der Waals surface area (Å²) >= 11 is 0.898. The van der Waals surface area contributed by atoms with E-state index >= 15 is 0 Å². The fourth-order valence-electron chi connectivity index (χ4n) is 7.44. The van der Waals surface area contributed by atoms with Gasteiger partial charge in [-0.15, -0.1) is 26.2 Å². The molecule has 0 aromatic heterocycles. The van der Waals surface area contributed by atoms with Crippen LogP contribution in [-0.4, -0.2) is 195 Å². The molecule has 0 saturated carbocycles.